The summed E-state index contributed by atoms with van der Waals surface area (Å²) in [6, 6.07) is 15.1. The number of ether oxygens (including phenoxy) is 1. The molecular weight excluding hydrogens is 464 g/mol. The monoisotopic (exact) mass is 496 g/mol. The number of carbonyl (C=O) groups excluding carboxylic acids is 1. The lowest BCUT2D eigenvalue weighted by Gasteiger charge is -2.15. The lowest BCUT2D eigenvalue weighted by Crippen LogP contribution is -2.33. The van der Waals surface area contributed by atoms with Crippen LogP contribution < -0.4 is 15.6 Å². The van der Waals surface area contributed by atoms with E-state index in [4.69, 9.17) is 4.74 Å². The van der Waals surface area contributed by atoms with E-state index >= 15 is 0 Å². The van der Waals surface area contributed by atoms with Crippen LogP contribution in [0, 0.1) is 19.8 Å². The highest BCUT2D eigenvalue weighted by atomic mass is 32.2. The number of aromatic nitrogens is 1. The second-order valence-corrected chi connectivity index (χ2v) is 10.8. The third kappa shape index (κ3) is 6.19. The van der Waals surface area contributed by atoms with Gasteiger partial charge in [-0.25, -0.2) is 8.42 Å². The Morgan fingerprint density at radius 1 is 1.03 bits per heavy atom. The quantitative estimate of drug-likeness (QED) is 0.470. The minimum atomic E-state index is -4.07. The summed E-state index contributed by atoms with van der Waals surface area (Å²) in [7, 11) is -4.07. The fourth-order valence-electron chi connectivity index (χ4n) is 3.97. The van der Waals surface area contributed by atoms with Crippen molar-refractivity contribution in [1.82, 2.24) is 4.57 Å². The number of carbonyl (C=O) groups is 1. The largest absolute Gasteiger partial charge is 0.494 e. The number of hydrogen-bond donors (Lipinski definition) is 1. The Hall–Kier alpha value is -3.39. The van der Waals surface area contributed by atoms with Crippen molar-refractivity contribution in [2.24, 2.45) is 5.92 Å². The van der Waals surface area contributed by atoms with Crippen molar-refractivity contribution in [1.29, 1.82) is 0 Å². The Morgan fingerprint density at radius 2 is 1.66 bits per heavy atom. The number of pyridine rings is 1. The minimum Gasteiger partial charge on any atom is -0.494 e. The summed E-state index contributed by atoms with van der Waals surface area (Å²) in [5.74, 6) is 0.686. The topological polar surface area (TPSA) is 94.5 Å². The van der Waals surface area contributed by atoms with Crippen LogP contribution in [-0.2, 0) is 27.6 Å². The van der Waals surface area contributed by atoms with Gasteiger partial charge in [-0.3, -0.25) is 9.59 Å². The van der Waals surface area contributed by atoms with Crippen molar-refractivity contribution in [3.05, 3.63) is 81.8 Å². The highest BCUT2D eigenvalue weighted by Crippen LogP contribution is 2.23. The summed E-state index contributed by atoms with van der Waals surface area (Å²) >= 11 is 0. The van der Waals surface area contributed by atoms with Crippen molar-refractivity contribution in [2.45, 2.75) is 57.4 Å². The van der Waals surface area contributed by atoms with Crippen LogP contribution in [0.1, 0.15) is 37.6 Å². The third-order valence-corrected chi connectivity index (χ3v) is 7.47. The van der Waals surface area contributed by atoms with Gasteiger partial charge < -0.3 is 14.6 Å². The smallest absolute Gasteiger partial charge is 0.270 e. The molecule has 3 rings (SSSR count). The van der Waals surface area contributed by atoms with E-state index in [-0.39, 0.29) is 16.3 Å². The molecule has 0 aliphatic heterocycles. The summed E-state index contributed by atoms with van der Waals surface area (Å²) in [4.78, 5) is 25.8. The van der Waals surface area contributed by atoms with E-state index in [1.54, 1.807) is 56.3 Å². The van der Waals surface area contributed by atoms with Crippen LogP contribution in [0.15, 0.2) is 69.2 Å². The molecule has 0 bridgehead atoms. The number of nitrogens with one attached hydrogen (secondary N) is 1. The summed E-state index contributed by atoms with van der Waals surface area (Å²) in [5.41, 5.74) is 1.71. The Morgan fingerprint density at radius 3 is 2.23 bits per heavy atom. The maximum atomic E-state index is 13.4. The van der Waals surface area contributed by atoms with E-state index in [0.29, 0.717) is 35.2 Å². The first-order chi connectivity index (χ1) is 16.5. The molecule has 0 saturated heterocycles. The molecule has 0 saturated carbocycles. The van der Waals surface area contributed by atoms with Crippen LogP contribution in [0.25, 0.3) is 0 Å². The molecule has 0 aliphatic carbocycles. The van der Waals surface area contributed by atoms with Crippen LogP contribution in [-0.4, -0.2) is 25.5 Å². The molecule has 7 nitrogen and oxygen atoms in total. The third-order valence-electron chi connectivity index (χ3n) is 5.55. The molecule has 186 valence electrons. The van der Waals surface area contributed by atoms with Gasteiger partial charge in [0, 0.05) is 11.4 Å². The Bertz CT molecular complexity index is 1360. The molecule has 0 radical (unpaired) electrons. The summed E-state index contributed by atoms with van der Waals surface area (Å²) < 4.78 is 33.4. The number of nitrogens with zero attached hydrogens (tertiary/aromatic N) is 1. The number of aryl methyl sites for hydroxylation is 2. The number of anilines is 1. The summed E-state index contributed by atoms with van der Waals surface area (Å²) in [6.07, 6.45) is 0.833. The fraction of sp³-hybridized carbons (Fsp3) is 0.333. The average Bonchev–Trinajstić information content (AvgIpc) is 2.78. The maximum Gasteiger partial charge on any atom is 0.270 e. The molecule has 1 amide bonds. The van der Waals surface area contributed by atoms with Crippen LogP contribution in [0.3, 0.4) is 0 Å². The summed E-state index contributed by atoms with van der Waals surface area (Å²) in [6.45, 7) is 9.56. The number of sulfone groups is 1. The zero-order chi connectivity index (χ0) is 25.8. The SMILES string of the molecule is CCOc1ccc(NC(=O)Cn2c(C)cc(C)c(S(=O)(=O)c3ccc(CC(C)C)cc3)c2=O)cc1. The van der Waals surface area contributed by atoms with Crippen molar-refractivity contribution >= 4 is 21.4 Å². The molecular formula is C27H32N2O5S. The van der Waals surface area contributed by atoms with Gasteiger partial charge in [0.1, 0.15) is 17.2 Å². The van der Waals surface area contributed by atoms with E-state index in [9.17, 15) is 18.0 Å². The number of amides is 1. The van der Waals surface area contributed by atoms with Crippen LogP contribution >= 0.6 is 0 Å². The van der Waals surface area contributed by atoms with Gasteiger partial charge in [-0.05, 0) is 86.7 Å². The van der Waals surface area contributed by atoms with E-state index in [1.807, 2.05) is 6.92 Å². The standard InChI is InChI=1S/C27H32N2O5S/c1-6-34-23-11-9-22(10-12-23)28-25(30)17-29-20(5)16-19(4)26(27(29)31)35(32,33)24-13-7-21(8-14-24)15-18(2)3/h7-14,16,18H,6,15,17H2,1-5H3,(H,28,30). The Labute approximate surface area is 206 Å². The first-order valence-electron chi connectivity index (χ1n) is 11.6. The molecule has 2 aromatic carbocycles. The number of benzene rings is 2. The fourth-order valence-corrected chi connectivity index (χ4v) is 5.52. The molecule has 0 unspecified atom stereocenters. The number of hydrogen-bond acceptors (Lipinski definition) is 5. The van der Waals surface area contributed by atoms with Gasteiger partial charge in [0.25, 0.3) is 5.56 Å². The van der Waals surface area contributed by atoms with Gasteiger partial charge >= 0.3 is 0 Å². The van der Waals surface area contributed by atoms with Crippen molar-refractivity contribution in [2.75, 3.05) is 11.9 Å². The average molecular weight is 497 g/mol. The molecule has 1 aromatic heterocycles. The van der Waals surface area contributed by atoms with Crippen LogP contribution in [0.2, 0.25) is 0 Å². The minimum absolute atomic E-state index is 0.0550. The van der Waals surface area contributed by atoms with Gasteiger partial charge in [-0.15, -0.1) is 0 Å². The molecule has 0 atom stereocenters. The Balaban J connectivity index is 1.89. The van der Waals surface area contributed by atoms with Crippen molar-refractivity contribution in [3.8, 4) is 5.75 Å². The van der Waals surface area contributed by atoms with Gasteiger partial charge in [-0.1, -0.05) is 26.0 Å². The van der Waals surface area contributed by atoms with Crippen molar-refractivity contribution in [3.63, 3.8) is 0 Å². The van der Waals surface area contributed by atoms with E-state index in [2.05, 4.69) is 19.2 Å². The lowest BCUT2D eigenvalue weighted by molar-refractivity contribution is -0.116. The van der Waals surface area contributed by atoms with Gasteiger partial charge in [-0.2, -0.15) is 0 Å². The zero-order valence-electron chi connectivity index (χ0n) is 20.8. The zero-order valence-corrected chi connectivity index (χ0v) is 21.6. The van der Waals surface area contributed by atoms with E-state index < -0.39 is 21.3 Å². The highest BCUT2D eigenvalue weighted by Gasteiger charge is 2.26. The predicted octanol–water partition coefficient (Wildman–Crippen LogP) is 4.53. The van der Waals surface area contributed by atoms with Crippen molar-refractivity contribution < 1.29 is 17.9 Å². The molecule has 0 fully saturated rings. The van der Waals surface area contributed by atoms with Gasteiger partial charge in [0.2, 0.25) is 15.7 Å². The lowest BCUT2D eigenvalue weighted by atomic mass is 10.0. The molecule has 0 spiro atoms. The maximum absolute atomic E-state index is 13.4. The molecule has 3 aromatic rings. The van der Waals surface area contributed by atoms with Gasteiger partial charge in [0.15, 0.2) is 0 Å². The highest BCUT2D eigenvalue weighted by molar-refractivity contribution is 7.91. The molecule has 8 heteroatoms. The first-order valence-corrected chi connectivity index (χ1v) is 13.1. The molecule has 0 aliphatic rings. The van der Waals surface area contributed by atoms with E-state index in [0.717, 1.165) is 12.0 Å². The van der Waals surface area contributed by atoms with E-state index in [1.165, 1.54) is 16.7 Å². The summed E-state index contributed by atoms with van der Waals surface area (Å²) in [5, 5.41) is 2.74. The van der Waals surface area contributed by atoms with Crippen LogP contribution in [0.4, 0.5) is 5.69 Å². The second kappa shape index (κ2) is 10.9. The van der Waals surface area contributed by atoms with Crippen LogP contribution in [0.5, 0.6) is 5.75 Å². The second-order valence-electron chi connectivity index (χ2n) is 8.94. The molecule has 35 heavy (non-hydrogen) atoms. The first kappa shape index (κ1) is 26.2. The Kier molecular flexibility index (Phi) is 8.17. The van der Waals surface area contributed by atoms with Gasteiger partial charge in [0.05, 0.1) is 11.5 Å². The molecule has 1 heterocycles. The molecule has 1 N–H and O–H groups in total. The number of rotatable bonds is 9. The normalized spacial score (nSPS) is 11.5. The predicted molar refractivity (Wildman–Crippen MR) is 137 cm³/mol.